The Labute approximate surface area is 198 Å². The van der Waals surface area contributed by atoms with E-state index in [0.717, 1.165) is 16.7 Å². The molecule has 0 unspecified atom stereocenters. The summed E-state index contributed by atoms with van der Waals surface area (Å²) >= 11 is 0. The molecule has 3 rings (SSSR count). The maximum absolute atomic E-state index is 12.1. The first-order valence-electron chi connectivity index (χ1n) is 10.6. The highest BCUT2D eigenvalue weighted by Crippen LogP contribution is 2.17. The number of hydrogen-bond acceptors (Lipinski definition) is 5. The lowest BCUT2D eigenvalue weighted by molar-refractivity contribution is -0.136. The van der Waals surface area contributed by atoms with E-state index in [1.165, 1.54) is 6.21 Å². The van der Waals surface area contributed by atoms with Crippen molar-refractivity contribution in [3.63, 3.8) is 0 Å². The number of rotatable bonds is 7. The van der Waals surface area contributed by atoms with E-state index in [1.54, 1.807) is 42.5 Å². The summed E-state index contributed by atoms with van der Waals surface area (Å²) in [6.07, 6.45) is 1.38. The van der Waals surface area contributed by atoms with Crippen molar-refractivity contribution < 1.29 is 19.1 Å². The van der Waals surface area contributed by atoms with Crippen LogP contribution in [0, 0.1) is 20.8 Å². The number of amides is 3. The van der Waals surface area contributed by atoms with Gasteiger partial charge in [-0.1, -0.05) is 36.4 Å². The van der Waals surface area contributed by atoms with Gasteiger partial charge in [0.05, 0.1) is 6.21 Å². The first-order valence-corrected chi connectivity index (χ1v) is 10.6. The van der Waals surface area contributed by atoms with Crippen LogP contribution in [0.15, 0.2) is 71.8 Å². The Morgan fingerprint density at radius 1 is 0.882 bits per heavy atom. The van der Waals surface area contributed by atoms with E-state index in [0.29, 0.717) is 22.7 Å². The zero-order valence-electron chi connectivity index (χ0n) is 19.2. The minimum atomic E-state index is -0.891. The molecule has 3 N–H and O–H groups in total. The molecule has 0 spiro atoms. The molecule has 0 aliphatic carbocycles. The van der Waals surface area contributed by atoms with Crippen molar-refractivity contribution >= 4 is 35.3 Å². The maximum Gasteiger partial charge on any atom is 0.329 e. The average molecular weight is 459 g/mol. The van der Waals surface area contributed by atoms with Crippen LogP contribution in [0.5, 0.6) is 5.75 Å². The molecule has 0 aliphatic rings. The number of hydrogen-bond donors (Lipinski definition) is 3. The van der Waals surface area contributed by atoms with Gasteiger partial charge in [-0.15, -0.1) is 0 Å². The highest BCUT2D eigenvalue weighted by Gasteiger charge is 2.14. The van der Waals surface area contributed by atoms with Gasteiger partial charge in [0.15, 0.2) is 6.61 Å². The summed E-state index contributed by atoms with van der Waals surface area (Å²) in [5.41, 5.74) is 7.02. The third-order valence-electron chi connectivity index (χ3n) is 4.97. The van der Waals surface area contributed by atoms with Gasteiger partial charge in [-0.25, -0.2) is 5.43 Å². The molecule has 0 heterocycles. The van der Waals surface area contributed by atoms with Gasteiger partial charge >= 0.3 is 11.8 Å². The fraction of sp³-hybridized carbons (Fsp3) is 0.154. The molecule has 174 valence electrons. The second kappa shape index (κ2) is 11.4. The summed E-state index contributed by atoms with van der Waals surface area (Å²) in [5, 5.41) is 9.17. The van der Waals surface area contributed by atoms with Crippen LogP contribution in [0.2, 0.25) is 0 Å². The molecular weight excluding hydrogens is 432 g/mol. The van der Waals surface area contributed by atoms with Crippen LogP contribution >= 0.6 is 0 Å². The van der Waals surface area contributed by atoms with E-state index in [9.17, 15) is 14.4 Å². The Hall–Kier alpha value is -4.46. The summed E-state index contributed by atoms with van der Waals surface area (Å²) in [6, 6.07) is 19.8. The van der Waals surface area contributed by atoms with Crippen LogP contribution in [0.3, 0.4) is 0 Å². The highest BCUT2D eigenvalue weighted by atomic mass is 16.5. The summed E-state index contributed by atoms with van der Waals surface area (Å²) in [7, 11) is 0. The summed E-state index contributed by atoms with van der Waals surface area (Å²) < 4.78 is 5.54. The van der Waals surface area contributed by atoms with E-state index in [1.807, 2.05) is 45.0 Å². The molecule has 3 amide bonds. The standard InChI is InChI=1S/C26H26N4O4/c1-17-7-4-10-21(13-17)28-24(31)16-34-22-11-6-9-20(14-22)15-27-30-26(33)25(32)29-23-12-5-8-18(2)19(23)3/h4-15H,16H2,1-3H3,(H,28,31)(H,29,32)(H,30,33)/b27-15-. The van der Waals surface area contributed by atoms with E-state index in [4.69, 9.17) is 4.74 Å². The van der Waals surface area contributed by atoms with Gasteiger partial charge in [0.25, 0.3) is 5.91 Å². The van der Waals surface area contributed by atoms with Gasteiger partial charge in [0.1, 0.15) is 5.75 Å². The SMILES string of the molecule is Cc1cccc(NC(=O)COc2cccc(/C=N\NC(=O)C(=O)Nc3cccc(C)c3C)c2)c1. The summed E-state index contributed by atoms with van der Waals surface area (Å²) in [4.78, 5) is 36.3. The molecule has 3 aromatic rings. The smallest absolute Gasteiger partial charge is 0.329 e. The normalized spacial score (nSPS) is 10.6. The third-order valence-corrected chi connectivity index (χ3v) is 4.97. The lowest BCUT2D eigenvalue weighted by atomic mass is 10.1. The largest absolute Gasteiger partial charge is 0.484 e. The Morgan fingerprint density at radius 2 is 1.65 bits per heavy atom. The fourth-order valence-electron chi connectivity index (χ4n) is 3.04. The first kappa shape index (κ1) is 24.2. The molecule has 8 nitrogen and oxygen atoms in total. The monoisotopic (exact) mass is 458 g/mol. The second-order valence-electron chi connectivity index (χ2n) is 7.68. The van der Waals surface area contributed by atoms with Crippen LogP contribution < -0.4 is 20.8 Å². The maximum atomic E-state index is 12.1. The van der Waals surface area contributed by atoms with Crippen molar-refractivity contribution in [1.82, 2.24) is 5.43 Å². The van der Waals surface area contributed by atoms with Crippen LogP contribution in [-0.4, -0.2) is 30.5 Å². The molecule has 0 radical (unpaired) electrons. The zero-order valence-corrected chi connectivity index (χ0v) is 19.2. The number of aryl methyl sites for hydroxylation is 2. The predicted octanol–water partition coefficient (Wildman–Crippen LogP) is 3.72. The van der Waals surface area contributed by atoms with Crippen LogP contribution in [0.1, 0.15) is 22.3 Å². The molecule has 0 aliphatic heterocycles. The number of nitrogens with zero attached hydrogens (tertiary/aromatic N) is 1. The molecule has 0 saturated heterocycles. The number of nitrogens with one attached hydrogen (secondary N) is 3. The van der Waals surface area contributed by atoms with Gasteiger partial charge in [-0.05, 0) is 73.4 Å². The van der Waals surface area contributed by atoms with Gasteiger partial charge < -0.3 is 15.4 Å². The Kier molecular flexibility index (Phi) is 8.12. The Bertz CT molecular complexity index is 1240. The number of benzene rings is 3. The Morgan fingerprint density at radius 3 is 2.44 bits per heavy atom. The van der Waals surface area contributed by atoms with E-state index in [-0.39, 0.29) is 12.5 Å². The number of ether oxygens (including phenoxy) is 1. The highest BCUT2D eigenvalue weighted by molar-refractivity contribution is 6.39. The van der Waals surface area contributed by atoms with Crippen molar-refractivity contribution in [1.29, 1.82) is 0 Å². The predicted molar refractivity (Wildman–Crippen MR) is 132 cm³/mol. The molecule has 34 heavy (non-hydrogen) atoms. The van der Waals surface area contributed by atoms with E-state index in [2.05, 4.69) is 21.2 Å². The van der Waals surface area contributed by atoms with Gasteiger partial charge in [0.2, 0.25) is 0 Å². The van der Waals surface area contributed by atoms with Crippen LogP contribution in [-0.2, 0) is 14.4 Å². The average Bonchev–Trinajstić information content (AvgIpc) is 2.81. The van der Waals surface area contributed by atoms with E-state index >= 15 is 0 Å². The van der Waals surface area contributed by atoms with Crippen molar-refractivity contribution in [2.24, 2.45) is 5.10 Å². The minimum Gasteiger partial charge on any atom is -0.484 e. The summed E-state index contributed by atoms with van der Waals surface area (Å²) in [6.45, 7) is 5.56. The fourth-order valence-corrected chi connectivity index (χ4v) is 3.04. The number of anilines is 2. The lowest BCUT2D eigenvalue weighted by Gasteiger charge is -2.09. The molecule has 0 aromatic heterocycles. The molecular formula is C26H26N4O4. The Balaban J connectivity index is 1.49. The zero-order chi connectivity index (χ0) is 24.5. The number of hydrazone groups is 1. The summed E-state index contributed by atoms with van der Waals surface area (Å²) in [5.74, 6) is -1.53. The van der Waals surface area contributed by atoms with Crippen molar-refractivity contribution in [3.05, 3.63) is 89.0 Å². The van der Waals surface area contributed by atoms with Crippen molar-refractivity contribution in [2.75, 3.05) is 17.2 Å². The van der Waals surface area contributed by atoms with Crippen LogP contribution in [0.4, 0.5) is 11.4 Å². The third kappa shape index (κ3) is 7.03. The molecule has 0 bridgehead atoms. The number of carbonyl (C=O) groups is 3. The number of carbonyl (C=O) groups excluding carboxylic acids is 3. The van der Waals surface area contributed by atoms with Gasteiger partial charge in [-0.3, -0.25) is 14.4 Å². The minimum absolute atomic E-state index is 0.163. The lowest BCUT2D eigenvalue weighted by Crippen LogP contribution is -2.32. The van der Waals surface area contributed by atoms with Crippen LogP contribution in [0.25, 0.3) is 0 Å². The molecule has 3 aromatic carbocycles. The molecule has 0 atom stereocenters. The first-order chi connectivity index (χ1) is 16.3. The molecule has 0 fully saturated rings. The van der Waals surface area contributed by atoms with E-state index < -0.39 is 11.8 Å². The molecule has 0 saturated carbocycles. The van der Waals surface area contributed by atoms with Gasteiger partial charge in [0, 0.05) is 11.4 Å². The van der Waals surface area contributed by atoms with Crippen molar-refractivity contribution in [3.8, 4) is 5.75 Å². The van der Waals surface area contributed by atoms with Crippen molar-refractivity contribution in [2.45, 2.75) is 20.8 Å². The topological polar surface area (TPSA) is 109 Å². The quantitative estimate of drug-likeness (QED) is 0.285. The van der Waals surface area contributed by atoms with Gasteiger partial charge in [-0.2, -0.15) is 5.10 Å². The second-order valence-corrected chi connectivity index (χ2v) is 7.68. The molecule has 8 heteroatoms.